The van der Waals surface area contributed by atoms with Crippen molar-refractivity contribution in [2.45, 2.75) is 0 Å². The normalized spacial score (nSPS) is 10.5. The summed E-state index contributed by atoms with van der Waals surface area (Å²) >= 11 is 5.92. The fourth-order valence-electron chi connectivity index (χ4n) is 2.25. The van der Waals surface area contributed by atoms with Crippen molar-refractivity contribution in [3.63, 3.8) is 0 Å². The molecule has 0 saturated heterocycles. The van der Waals surface area contributed by atoms with Gasteiger partial charge in [-0.1, -0.05) is 29.8 Å². The first-order valence-electron chi connectivity index (χ1n) is 7.31. The topological polar surface area (TPSA) is 68.3 Å². The van der Waals surface area contributed by atoms with E-state index in [9.17, 15) is 14.0 Å². The molecule has 7 heteroatoms. The van der Waals surface area contributed by atoms with Crippen LogP contribution in [0.5, 0.6) is 0 Å². The Bertz CT molecular complexity index is 945. The maximum Gasteiger partial charge on any atom is 0.339 e. The zero-order valence-electron chi connectivity index (χ0n) is 12.8. The van der Waals surface area contributed by atoms with Crippen molar-refractivity contribution in [3.8, 4) is 0 Å². The number of amides is 1. The third-order valence-electron chi connectivity index (χ3n) is 3.37. The molecular weight excluding hydrogens is 347 g/mol. The summed E-state index contributed by atoms with van der Waals surface area (Å²) in [5, 5.41) is 3.24. The number of pyridine rings is 1. The van der Waals surface area contributed by atoms with Gasteiger partial charge in [0.15, 0.2) is 6.61 Å². The number of carbonyl (C=O) groups excluding carboxylic acids is 2. The molecule has 0 aliphatic heterocycles. The average Bonchev–Trinajstić information content (AvgIpc) is 2.61. The van der Waals surface area contributed by atoms with Gasteiger partial charge in [0, 0.05) is 11.1 Å². The lowest BCUT2D eigenvalue weighted by molar-refractivity contribution is -0.119. The van der Waals surface area contributed by atoms with Crippen LogP contribution >= 0.6 is 11.6 Å². The van der Waals surface area contributed by atoms with E-state index < -0.39 is 24.3 Å². The zero-order chi connectivity index (χ0) is 17.8. The molecule has 0 bridgehead atoms. The number of carbonyl (C=O) groups is 2. The van der Waals surface area contributed by atoms with Crippen molar-refractivity contribution >= 4 is 40.1 Å². The predicted molar refractivity (Wildman–Crippen MR) is 92.1 cm³/mol. The molecule has 1 amide bonds. The van der Waals surface area contributed by atoms with Crippen LogP contribution in [0.3, 0.4) is 0 Å². The van der Waals surface area contributed by atoms with Gasteiger partial charge >= 0.3 is 5.97 Å². The minimum absolute atomic E-state index is 0.154. The van der Waals surface area contributed by atoms with Gasteiger partial charge in [-0.05, 0) is 36.4 Å². The second-order valence-electron chi connectivity index (χ2n) is 5.14. The number of anilines is 1. The lowest BCUT2D eigenvalue weighted by Crippen LogP contribution is -2.21. The highest BCUT2D eigenvalue weighted by atomic mass is 35.5. The summed E-state index contributed by atoms with van der Waals surface area (Å²) in [5.41, 5.74) is 1.18. The van der Waals surface area contributed by atoms with Crippen LogP contribution in [0.4, 0.5) is 10.1 Å². The molecule has 0 spiro atoms. The Morgan fingerprint density at radius 1 is 1.12 bits per heavy atom. The fourth-order valence-corrected chi connectivity index (χ4v) is 2.45. The number of hydrogen-bond donors (Lipinski definition) is 1. The molecule has 0 atom stereocenters. The number of hydrogen-bond acceptors (Lipinski definition) is 4. The number of nitrogens with zero attached hydrogens (tertiary/aromatic N) is 1. The minimum atomic E-state index is -0.685. The SMILES string of the molecule is O=C(COC(=O)c1cc(Cl)nc2ccccc12)Nc1ccc(F)cc1. The van der Waals surface area contributed by atoms with Gasteiger partial charge in [-0.2, -0.15) is 0 Å². The van der Waals surface area contributed by atoms with Gasteiger partial charge < -0.3 is 10.1 Å². The van der Waals surface area contributed by atoms with E-state index in [4.69, 9.17) is 16.3 Å². The third-order valence-corrected chi connectivity index (χ3v) is 3.56. The van der Waals surface area contributed by atoms with E-state index in [0.717, 1.165) is 0 Å². The zero-order valence-corrected chi connectivity index (χ0v) is 13.6. The fraction of sp³-hybridized carbons (Fsp3) is 0.0556. The highest BCUT2D eigenvalue weighted by Gasteiger charge is 2.15. The van der Waals surface area contributed by atoms with E-state index >= 15 is 0 Å². The summed E-state index contributed by atoms with van der Waals surface area (Å²) in [6.07, 6.45) is 0. The lowest BCUT2D eigenvalue weighted by Gasteiger charge is -2.08. The molecule has 0 saturated carbocycles. The molecule has 1 aromatic heterocycles. The van der Waals surface area contributed by atoms with Crippen LogP contribution in [0.1, 0.15) is 10.4 Å². The number of nitrogens with one attached hydrogen (secondary N) is 1. The summed E-state index contributed by atoms with van der Waals surface area (Å²) < 4.78 is 17.9. The average molecular weight is 359 g/mol. The molecule has 25 heavy (non-hydrogen) atoms. The molecule has 0 radical (unpaired) electrons. The first kappa shape index (κ1) is 16.9. The van der Waals surface area contributed by atoms with Gasteiger partial charge in [-0.3, -0.25) is 4.79 Å². The first-order chi connectivity index (χ1) is 12.0. The Balaban J connectivity index is 1.68. The molecule has 0 aliphatic carbocycles. The predicted octanol–water partition coefficient (Wildman–Crippen LogP) is 3.82. The molecule has 1 N–H and O–H groups in total. The number of fused-ring (bicyclic) bond motifs is 1. The van der Waals surface area contributed by atoms with Crippen molar-refractivity contribution in [1.82, 2.24) is 4.98 Å². The van der Waals surface area contributed by atoms with E-state index in [0.29, 0.717) is 16.6 Å². The molecule has 3 aromatic rings. The Morgan fingerprint density at radius 3 is 2.60 bits per heavy atom. The van der Waals surface area contributed by atoms with Crippen LogP contribution in [0.2, 0.25) is 5.15 Å². The molecule has 0 aliphatic rings. The molecule has 0 unspecified atom stereocenters. The van der Waals surface area contributed by atoms with Crippen LogP contribution in [0.25, 0.3) is 10.9 Å². The number of esters is 1. The van der Waals surface area contributed by atoms with Crippen molar-refractivity contribution in [2.75, 3.05) is 11.9 Å². The van der Waals surface area contributed by atoms with Gasteiger partial charge in [-0.25, -0.2) is 14.2 Å². The maximum atomic E-state index is 12.8. The van der Waals surface area contributed by atoms with Gasteiger partial charge in [0.1, 0.15) is 11.0 Å². The molecule has 126 valence electrons. The van der Waals surface area contributed by atoms with Crippen molar-refractivity contribution in [3.05, 3.63) is 71.1 Å². The number of benzene rings is 2. The standard InChI is InChI=1S/C18H12ClFN2O3/c19-16-9-14(13-3-1-2-4-15(13)22-16)18(24)25-10-17(23)21-12-7-5-11(20)6-8-12/h1-9H,10H2,(H,21,23). The largest absolute Gasteiger partial charge is 0.452 e. The number of aromatic nitrogens is 1. The van der Waals surface area contributed by atoms with Crippen LogP contribution < -0.4 is 5.32 Å². The van der Waals surface area contributed by atoms with E-state index in [2.05, 4.69) is 10.3 Å². The van der Waals surface area contributed by atoms with Crippen LogP contribution in [0.15, 0.2) is 54.6 Å². The first-order valence-corrected chi connectivity index (χ1v) is 7.68. The van der Waals surface area contributed by atoms with Crippen LogP contribution in [0, 0.1) is 5.82 Å². The van der Waals surface area contributed by atoms with E-state index in [1.165, 1.54) is 30.3 Å². The highest BCUT2D eigenvalue weighted by molar-refractivity contribution is 6.30. The Kier molecular flexibility index (Phi) is 4.90. The number of halogens is 2. The van der Waals surface area contributed by atoms with Gasteiger partial charge in [0.05, 0.1) is 11.1 Å². The molecule has 5 nitrogen and oxygen atoms in total. The summed E-state index contributed by atoms with van der Waals surface area (Å²) in [5.74, 6) is -1.63. The van der Waals surface area contributed by atoms with Crippen LogP contribution in [-0.2, 0) is 9.53 Å². The van der Waals surface area contributed by atoms with Crippen molar-refractivity contribution < 1.29 is 18.7 Å². The molecule has 2 aromatic carbocycles. The highest BCUT2D eigenvalue weighted by Crippen LogP contribution is 2.21. The molecular formula is C18H12ClFN2O3. The molecule has 1 heterocycles. The van der Waals surface area contributed by atoms with E-state index in [1.807, 2.05) is 0 Å². The molecule has 3 rings (SSSR count). The molecule has 0 fully saturated rings. The second-order valence-corrected chi connectivity index (χ2v) is 5.53. The summed E-state index contributed by atoms with van der Waals surface area (Å²) in [7, 11) is 0. The Hall–Kier alpha value is -2.99. The van der Waals surface area contributed by atoms with Gasteiger partial charge in [-0.15, -0.1) is 0 Å². The second kappa shape index (κ2) is 7.27. The number of rotatable bonds is 4. The Morgan fingerprint density at radius 2 is 1.84 bits per heavy atom. The van der Waals surface area contributed by atoms with Gasteiger partial charge in [0.25, 0.3) is 5.91 Å². The number of para-hydroxylation sites is 1. The smallest absolute Gasteiger partial charge is 0.339 e. The van der Waals surface area contributed by atoms with Crippen LogP contribution in [-0.4, -0.2) is 23.5 Å². The quantitative estimate of drug-likeness (QED) is 0.568. The third kappa shape index (κ3) is 4.10. The Labute approximate surface area is 147 Å². The monoisotopic (exact) mass is 358 g/mol. The summed E-state index contributed by atoms with van der Waals surface area (Å²) in [6, 6.07) is 13.6. The van der Waals surface area contributed by atoms with E-state index in [-0.39, 0.29) is 10.7 Å². The maximum absolute atomic E-state index is 12.8. The lowest BCUT2D eigenvalue weighted by atomic mass is 10.1. The summed E-state index contributed by atoms with van der Waals surface area (Å²) in [4.78, 5) is 28.2. The summed E-state index contributed by atoms with van der Waals surface area (Å²) in [6.45, 7) is -0.482. The number of ether oxygens (including phenoxy) is 1. The van der Waals surface area contributed by atoms with E-state index in [1.54, 1.807) is 24.3 Å². The van der Waals surface area contributed by atoms with Crippen molar-refractivity contribution in [2.24, 2.45) is 0 Å². The van der Waals surface area contributed by atoms with Gasteiger partial charge in [0.2, 0.25) is 0 Å². The minimum Gasteiger partial charge on any atom is -0.452 e. The van der Waals surface area contributed by atoms with Crippen molar-refractivity contribution in [1.29, 1.82) is 0 Å².